The fraction of sp³-hybridized carbons (Fsp3) is 0.690. The molecule has 1 aromatic carbocycles. The van der Waals surface area contributed by atoms with Crippen molar-refractivity contribution in [3.8, 4) is 0 Å². The average Bonchev–Trinajstić information content (AvgIpc) is 2.78. The number of rotatable bonds is 20. The minimum Gasteiger partial charge on any atom is -0.372 e. The number of Topliss-reactive ketones (excluding diaryl/α,β-unsaturated/α-hetero) is 1. The van der Waals surface area contributed by atoms with Gasteiger partial charge in [0.15, 0.2) is 0 Å². The van der Waals surface area contributed by atoms with Gasteiger partial charge in [0.1, 0.15) is 5.78 Å². The molecule has 0 aliphatic heterocycles. The second kappa shape index (κ2) is 19.1. The lowest BCUT2D eigenvalue weighted by molar-refractivity contribution is -0.118. The van der Waals surface area contributed by atoms with Gasteiger partial charge in [0.2, 0.25) is 0 Å². The Bertz CT molecular complexity index is 571. The SMILES string of the molecule is CCCCCCCC/C=C\CCCCCCCC(=O)Cc1ccc(N(CC)CC)cc1. The van der Waals surface area contributed by atoms with Crippen LogP contribution in [0.1, 0.15) is 116 Å². The molecule has 31 heavy (non-hydrogen) atoms. The summed E-state index contributed by atoms with van der Waals surface area (Å²) in [4.78, 5) is 14.6. The van der Waals surface area contributed by atoms with Crippen LogP contribution in [0.25, 0.3) is 0 Å². The van der Waals surface area contributed by atoms with Gasteiger partial charge < -0.3 is 4.90 Å². The number of carbonyl (C=O) groups is 1. The van der Waals surface area contributed by atoms with Crippen LogP contribution in [0.5, 0.6) is 0 Å². The Kier molecular flexibility index (Phi) is 17.0. The summed E-state index contributed by atoms with van der Waals surface area (Å²) >= 11 is 0. The molecule has 0 radical (unpaired) electrons. The number of ketones is 1. The number of hydrogen-bond donors (Lipinski definition) is 0. The summed E-state index contributed by atoms with van der Waals surface area (Å²) in [6.07, 6.45) is 22.9. The van der Waals surface area contributed by atoms with E-state index < -0.39 is 0 Å². The molecule has 176 valence electrons. The van der Waals surface area contributed by atoms with E-state index in [9.17, 15) is 4.79 Å². The van der Waals surface area contributed by atoms with Crippen LogP contribution in [-0.4, -0.2) is 18.9 Å². The Morgan fingerprint density at radius 3 is 1.77 bits per heavy atom. The molecule has 0 unspecified atom stereocenters. The molecule has 0 N–H and O–H groups in total. The predicted octanol–water partition coefficient (Wildman–Crippen LogP) is 8.68. The highest BCUT2D eigenvalue weighted by Gasteiger charge is 2.06. The van der Waals surface area contributed by atoms with Gasteiger partial charge in [0.05, 0.1) is 0 Å². The van der Waals surface area contributed by atoms with Gasteiger partial charge >= 0.3 is 0 Å². The van der Waals surface area contributed by atoms with Crippen molar-refractivity contribution in [2.45, 2.75) is 117 Å². The third kappa shape index (κ3) is 14.2. The summed E-state index contributed by atoms with van der Waals surface area (Å²) in [5, 5.41) is 0. The van der Waals surface area contributed by atoms with Gasteiger partial charge in [-0.1, -0.05) is 82.6 Å². The Morgan fingerprint density at radius 2 is 1.23 bits per heavy atom. The second-order valence-corrected chi connectivity index (χ2v) is 8.89. The molecule has 0 heterocycles. The monoisotopic (exact) mass is 427 g/mol. The normalized spacial score (nSPS) is 11.3. The summed E-state index contributed by atoms with van der Waals surface area (Å²) < 4.78 is 0. The first kappa shape index (κ1) is 27.5. The lowest BCUT2D eigenvalue weighted by Gasteiger charge is -2.21. The molecule has 1 rings (SSSR count). The van der Waals surface area contributed by atoms with Gasteiger partial charge in [-0.15, -0.1) is 0 Å². The van der Waals surface area contributed by atoms with Gasteiger partial charge in [0, 0.05) is 31.6 Å². The van der Waals surface area contributed by atoms with E-state index >= 15 is 0 Å². The van der Waals surface area contributed by atoms with Crippen LogP contribution in [-0.2, 0) is 11.2 Å². The van der Waals surface area contributed by atoms with E-state index in [4.69, 9.17) is 0 Å². The van der Waals surface area contributed by atoms with Crippen LogP contribution in [0.2, 0.25) is 0 Å². The highest BCUT2D eigenvalue weighted by molar-refractivity contribution is 5.80. The smallest absolute Gasteiger partial charge is 0.137 e. The molecule has 0 bridgehead atoms. The average molecular weight is 428 g/mol. The van der Waals surface area contributed by atoms with Gasteiger partial charge in [-0.2, -0.15) is 0 Å². The molecule has 0 fully saturated rings. The molecule has 0 aromatic heterocycles. The van der Waals surface area contributed by atoms with E-state index in [0.717, 1.165) is 31.5 Å². The molecule has 2 heteroatoms. The molecule has 0 aliphatic carbocycles. The van der Waals surface area contributed by atoms with Crippen molar-refractivity contribution >= 4 is 11.5 Å². The zero-order chi connectivity index (χ0) is 22.6. The standard InChI is InChI=1S/C29H49NO/c1-4-7-8-9-10-11-12-13-14-15-16-17-18-19-20-21-29(31)26-27-22-24-28(25-23-27)30(5-2)6-3/h13-14,22-25H,4-12,15-21,26H2,1-3H3/b14-13-. The molecule has 2 nitrogen and oxygen atoms in total. The topological polar surface area (TPSA) is 20.3 Å². The summed E-state index contributed by atoms with van der Waals surface area (Å²) in [7, 11) is 0. The van der Waals surface area contributed by atoms with Crippen LogP contribution >= 0.6 is 0 Å². The van der Waals surface area contributed by atoms with Crippen LogP contribution < -0.4 is 4.90 Å². The minimum absolute atomic E-state index is 0.383. The Balaban J connectivity index is 1.98. The number of anilines is 1. The minimum atomic E-state index is 0.383. The highest BCUT2D eigenvalue weighted by atomic mass is 16.1. The van der Waals surface area contributed by atoms with Crippen molar-refractivity contribution in [3.05, 3.63) is 42.0 Å². The van der Waals surface area contributed by atoms with E-state index in [0.29, 0.717) is 12.2 Å². The lowest BCUT2D eigenvalue weighted by Crippen LogP contribution is -2.21. The third-order valence-corrected chi connectivity index (χ3v) is 6.18. The number of unbranched alkanes of at least 4 members (excludes halogenated alkanes) is 11. The molecule has 0 atom stereocenters. The summed E-state index contributed by atoms with van der Waals surface area (Å²) in [5.74, 6) is 0.383. The zero-order valence-electron chi connectivity index (χ0n) is 20.8. The maximum Gasteiger partial charge on any atom is 0.137 e. The fourth-order valence-corrected chi connectivity index (χ4v) is 4.12. The molecule has 0 saturated heterocycles. The largest absolute Gasteiger partial charge is 0.372 e. The van der Waals surface area contributed by atoms with Gasteiger partial charge in [-0.25, -0.2) is 0 Å². The van der Waals surface area contributed by atoms with Crippen molar-refractivity contribution < 1.29 is 4.79 Å². The quantitative estimate of drug-likeness (QED) is 0.153. The summed E-state index contributed by atoms with van der Waals surface area (Å²) in [5.41, 5.74) is 2.40. The van der Waals surface area contributed by atoms with Gasteiger partial charge in [0.25, 0.3) is 0 Å². The van der Waals surface area contributed by atoms with Gasteiger partial charge in [-0.05, 0) is 63.6 Å². The van der Waals surface area contributed by atoms with Gasteiger partial charge in [-0.3, -0.25) is 4.79 Å². The van der Waals surface area contributed by atoms with Crippen LogP contribution in [0.15, 0.2) is 36.4 Å². The number of nitrogens with zero attached hydrogens (tertiary/aromatic N) is 1. The Labute approximate surface area is 193 Å². The van der Waals surface area contributed by atoms with E-state index in [2.05, 4.69) is 62.1 Å². The molecule has 0 spiro atoms. The van der Waals surface area contributed by atoms with Crippen molar-refractivity contribution in [1.29, 1.82) is 0 Å². The lowest BCUT2D eigenvalue weighted by atomic mass is 10.0. The van der Waals surface area contributed by atoms with Crippen molar-refractivity contribution in [1.82, 2.24) is 0 Å². The van der Waals surface area contributed by atoms with E-state index in [1.807, 2.05) is 0 Å². The maximum absolute atomic E-state index is 12.3. The molecule has 0 saturated carbocycles. The molecular weight excluding hydrogens is 378 g/mol. The van der Waals surface area contributed by atoms with Crippen molar-refractivity contribution in [3.63, 3.8) is 0 Å². The van der Waals surface area contributed by atoms with Crippen molar-refractivity contribution in [2.75, 3.05) is 18.0 Å². The van der Waals surface area contributed by atoms with Crippen molar-refractivity contribution in [2.24, 2.45) is 0 Å². The molecular formula is C29H49NO. The summed E-state index contributed by atoms with van der Waals surface area (Å²) in [6, 6.07) is 8.53. The zero-order valence-corrected chi connectivity index (χ0v) is 20.8. The number of carbonyl (C=O) groups excluding carboxylic acids is 1. The first-order chi connectivity index (χ1) is 15.2. The Hall–Kier alpha value is -1.57. The first-order valence-corrected chi connectivity index (χ1v) is 13.2. The van der Waals surface area contributed by atoms with Crippen LogP contribution in [0, 0.1) is 0 Å². The summed E-state index contributed by atoms with van der Waals surface area (Å²) in [6.45, 7) is 8.66. The number of benzene rings is 1. The second-order valence-electron chi connectivity index (χ2n) is 8.89. The fourth-order valence-electron chi connectivity index (χ4n) is 4.12. The molecule has 1 aromatic rings. The first-order valence-electron chi connectivity index (χ1n) is 13.2. The third-order valence-electron chi connectivity index (χ3n) is 6.18. The Morgan fingerprint density at radius 1 is 0.710 bits per heavy atom. The maximum atomic E-state index is 12.3. The molecule has 0 aliphatic rings. The van der Waals surface area contributed by atoms with Crippen LogP contribution in [0.4, 0.5) is 5.69 Å². The van der Waals surface area contributed by atoms with E-state index in [1.54, 1.807) is 0 Å². The van der Waals surface area contributed by atoms with Crippen LogP contribution in [0.3, 0.4) is 0 Å². The van der Waals surface area contributed by atoms with E-state index in [-0.39, 0.29) is 0 Å². The number of allylic oxidation sites excluding steroid dienone is 2. The highest BCUT2D eigenvalue weighted by Crippen LogP contribution is 2.16. The number of hydrogen-bond acceptors (Lipinski definition) is 2. The predicted molar refractivity (Wildman–Crippen MR) is 138 cm³/mol. The molecule has 0 amide bonds. The van der Waals surface area contributed by atoms with E-state index in [1.165, 1.54) is 82.7 Å².